The number of rotatable bonds is 11. The van der Waals surface area contributed by atoms with Crippen molar-refractivity contribution in [3.63, 3.8) is 0 Å². The van der Waals surface area contributed by atoms with Crippen LogP contribution in [0.25, 0.3) is 21.9 Å². The third kappa shape index (κ3) is 7.22. The third-order valence-electron chi connectivity index (χ3n) is 11.8. The lowest BCUT2D eigenvalue weighted by atomic mass is 10.0. The van der Waals surface area contributed by atoms with Gasteiger partial charge in [-0.25, -0.2) is 0 Å². The van der Waals surface area contributed by atoms with Crippen LogP contribution in [0.2, 0.25) is 0 Å². The average molecular weight is 797 g/mol. The molecule has 0 saturated heterocycles. The fourth-order valence-corrected chi connectivity index (χ4v) is 13.7. The molecule has 290 valence electrons. The van der Waals surface area contributed by atoms with E-state index in [4.69, 9.17) is 0 Å². The van der Waals surface area contributed by atoms with Gasteiger partial charge in [-0.3, -0.25) is 0 Å². The number of para-hydroxylation sites is 2. The molecule has 0 atom stereocenters. The van der Waals surface area contributed by atoms with Crippen LogP contribution in [-0.2, 0) is 0 Å². The molecule has 0 amide bonds. The quantitative estimate of drug-likeness (QED) is 0.0950. The second-order valence-electron chi connectivity index (χ2n) is 15.3. The van der Waals surface area contributed by atoms with Crippen molar-refractivity contribution in [2.75, 3.05) is 9.80 Å². The Bertz CT molecular complexity index is 2830. The molecule has 0 N–H and O–H groups in total. The van der Waals surface area contributed by atoms with Crippen molar-refractivity contribution in [2.45, 2.75) is 0 Å². The van der Waals surface area contributed by atoms with Crippen molar-refractivity contribution >= 4 is 73.7 Å². The van der Waals surface area contributed by atoms with E-state index < -0.39 is 8.07 Å². The largest absolute Gasteiger partial charge is 0.311 e. The average Bonchev–Trinajstić information content (AvgIpc) is 3.35. The molecule has 0 heterocycles. The highest BCUT2D eigenvalue weighted by molar-refractivity contribution is 7.19. The van der Waals surface area contributed by atoms with Crippen molar-refractivity contribution < 1.29 is 0 Å². The summed E-state index contributed by atoms with van der Waals surface area (Å²) in [5.41, 5.74) is 9.00. The van der Waals surface area contributed by atoms with E-state index in [0.717, 1.165) is 34.1 Å². The molecule has 10 aromatic carbocycles. The summed E-state index contributed by atoms with van der Waals surface area (Å²) in [6.07, 6.45) is 0. The smallest absolute Gasteiger partial charge is 0.179 e. The molecule has 3 heteroatoms. The number of benzene rings is 10. The number of hydrogen-bond acceptors (Lipinski definition) is 2. The lowest BCUT2D eigenvalue weighted by Gasteiger charge is -2.34. The van der Waals surface area contributed by atoms with Crippen molar-refractivity contribution in [1.82, 2.24) is 0 Å². The molecule has 0 unspecified atom stereocenters. The fraction of sp³-hybridized carbons (Fsp3) is 0. The number of nitrogens with zero attached hydrogens (tertiary/aromatic N) is 2. The second-order valence-corrected chi connectivity index (χ2v) is 19.1. The first-order chi connectivity index (χ1) is 30.3. The molecule has 0 spiro atoms. The number of anilines is 6. The molecular weight excluding hydrogens is 753 g/mol. The predicted molar refractivity (Wildman–Crippen MR) is 262 cm³/mol. The Kier molecular flexibility index (Phi) is 10.4. The molecule has 0 aliphatic carbocycles. The van der Waals surface area contributed by atoms with E-state index in [-0.39, 0.29) is 0 Å². The molecule has 0 aliphatic rings. The van der Waals surface area contributed by atoms with Crippen LogP contribution in [0, 0.1) is 0 Å². The van der Waals surface area contributed by atoms with Crippen LogP contribution < -0.4 is 30.5 Å². The lowest BCUT2D eigenvalue weighted by Crippen LogP contribution is -2.74. The van der Waals surface area contributed by atoms with Crippen LogP contribution in [0.4, 0.5) is 34.1 Å². The standard InChI is InChI=1S/C58H44N2Si/c1-6-21-48(22-7-1)59(49-23-8-2-9-24-49)50-39-41-52(42-40-50)60(58-32-18-20-47-19-16-17-31-57(47)58)51-37-33-45(34-38-51)46-35-43-56(44-36-46)61(53-25-10-3-11-26-53,54-27-12-4-13-28-54)55-29-14-5-15-30-55/h1-44H. The topological polar surface area (TPSA) is 6.48 Å². The van der Waals surface area contributed by atoms with Gasteiger partial charge in [0.1, 0.15) is 0 Å². The van der Waals surface area contributed by atoms with Gasteiger partial charge in [-0.15, -0.1) is 0 Å². The first kappa shape index (κ1) is 37.5. The van der Waals surface area contributed by atoms with E-state index in [1.807, 2.05) is 0 Å². The van der Waals surface area contributed by atoms with Crippen molar-refractivity contribution in [2.24, 2.45) is 0 Å². The lowest BCUT2D eigenvalue weighted by molar-refractivity contribution is 1.26. The van der Waals surface area contributed by atoms with Crippen LogP contribution in [0.15, 0.2) is 267 Å². The van der Waals surface area contributed by atoms with Crippen LogP contribution in [0.3, 0.4) is 0 Å². The maximum atomic E-state index is 2.38. The monoisotopic (exact) mass is 796 g/mol. The molecule has 10 aromatic rings. The zero-order chi connectivity index (χ0) is 40.9. The fourth-order valence-electron chi connectivity index (χ4n) is 8.96. The summed E-state index contributed by atoms with van der Waals surface area (Å²) in [4.78, 5) is 4.69. The minimum atomic E-state index is -2.60. The highest BCUT2D eigenvalue weighted by Crippen LogP contribution is 2.41. The van der Waals surface area contributed by atoms with E-state index in [9.17, 15) is 0 Å². The van der Waals surface area contributed by atoms with E-state index in [0.29, 0.717) is 0 Å². The Morgan fingerprint density at radius 3 is 1.03 bits per heavy atom. The molecule has 61 heavy (non-hydrogen) atoms. The molecule has 0 aliphatic heterocycles. The third-order valence-corrected chi connectivity index (χ3v) is 16.6. The summed E-state index contributed by atoms with van der Waals surface area (Å²) in [7, 11) is -2.60. The number of hydrogen-bond donors (Lipinski definition) is 0. The Labute approximate surface area is 359 Å². The summed E-state index contributed by atoms with van der Waals surface area (Å²) in [5.74, 6) is 0. The van der Waals surface area contributed by atoms with Gasteiger partial charge in [0, 0.05) is 33.8 Å². The molecule has 0 saturated carbocycles. The van der Waals surface area contributed by atoms with Crippen molar-refractivity contribution in [3.8, 4) is 11.1 Å². The second kappa shape index (κ2) is 16.9. The van der Waals surface area contributed by atoms with Crippen LogP contribution in [-0.4, -0.2) is 8.07 Å². The highest BCUT2D eigenvalue weighted by atomic mass is 28.3. The molecule has 0 aromatic heterocycles. The molecule has 2 nitrogen and oxygen atoms in total. The first-order valence-electron chi connectivity index (χ1n) is 20.9. The van der Waals surface area contributed by atoms with Gasteiger partial charge in [-0.2, -0.15) is 0 Å². The zero-order valence-electron chi connectivity index (χ0n) is 33.8. The summed E-state index contributed by atoms with van der Waals surface area (Å²) in [6, 6.07) is 97.1. The van der Waals surface area contributed by atoms with E-state index in [1.165, 1.54) is 42.6 Å². The first-order valence-corrected chi connectivity index (χ1v) is 22.9. The molecule has 10 rings (SSSR count). The van der Waals surface area contributed by atoms with E-state index in [2.05, 4.69) is 277 Å². The van der Waals surface area contributed by atoms with Crippen molar-refractivity contribution in [3.05, 3.63) is 267 Å². The SMILES string of the molecule is c1ccc(N(c2ccccc2)c2ccc(N(c3ccc(-c4ccc([Si](c5ccccc5)(c5ccccc5)c5ccccc5)cc4)cc3)c3cccc4ccccc34)cc2)cc1. The Balaban J connectivity index is 1.04. The van der Waals surface area contributed by atoms with Crippen molar-refractivity contribution in [1.29, 1.82) is 0 Å². The van der Waals surface area contributed by atoms with Gasteiger partial charge in [-0.05, 0) is 104 Å². The van der Waals surface area contributed by atoms with Gasteiger partial charge in [0.25, 0.3) is 0 Å². The normalized spacial score (nSPS) is 11.3. The molecule has 0 fully saturated rings. The molecule has 0 radical (unpaired) electrons. The maximum Gasteiger partial charge on any atom is 0.179 e. The van der Waals surface area contributed by atoms with Gasteiger partial charge in [0.15, 0.2) is 8.07 Å². The molecule has 0 bridgehead atoms. The summed E-state index contributed by atoms with van der Waals surface area (Å²) in [6.45, 7) is 0. The van der Waals surface area contributed by atoms with Gasteiger partial charge in [-0.1, -0.05) is 200 Å². The van der Waals surface area contributed by atoms with E-state index >= 15 is 0 Å². The Morgan fingerprint density at radius 2 is 0.557 bits per heavy atom. The minimum absolute atomic E-state index is 1.09. The Hall–Kier alpha value is -7.72. The van der Waals surface area contributed by atoms with Crippen LogP contribution >= 0.6 is 0 Å². The Morgan fingerprint density at radius 1 is 0.230 bits per heavy atom. The summed E-state index contributed by atoms with van der Waals surface area (Å²) in [5, 5.41) is 7.89. The van der Waals surface area contributed by atoms with Crippen LogP contribution in [0.5, 0.6) is 0 Å². The van der Waals surface area contributed by atoms with Gasteiger partial charge >= 0.3 is 0 Å². The highest BCUT2D eigenvalue weighted by Gasteiger charge is 2.41. The predicted octanol–water partition coefficient (Wildman–Crippen LogP) is 12.8. The van der Waals surface area contributed by atoms with Gasteiger partial charge in [0.2, 0.25) is 0 Å². The number of fused-ring (bicyclic) bond motifs is 1. The summed E-state index contributed by atoms with van der Waals surface area (Å²) < 4.78 is 0. The molecular formula is C58H44N2Si. The van der Waals surface area contributed by atoms with Crippen LogP contribution in [0.1, 0.15) is 0 Å². The summed E-state index contributed by atoms with van der Waals surface area (Å²) >= 11 is 0. The minimum Gasteiger partial charge on any atom is -0.311 e. The van der Waals surface area contributed by atoms with E-state index in [1.54, 1.807) is 0 Å². The van der Waals surface area contributed by atoms with Gasteiger partial charge < -0.3 is 9.80 Å². The van der Waals surface area contributed by atoms with Gasteiger partial charge in [0.05, 0.1) is 5.69 Å². The zero-order valence-corrected chi connectivity index (χ0v) is 34.8. The maximum absolute atomic E-state index is 2.60.